The molecule has 6 nitrogen and oxygen atoms in total. The summed E-state index contributed by atoms with van der Waals surface area (Å²) in [5.41, 5.74) is 0.420. The molecule has 0 saturated heterocycles. The minimum atomic E-state index is -0.844. The fourth-order valence-corrected chi connectivity index (χ4v) is 2.46. The van der Waals surface area contributed by atoms with E-state index in [1.54, 1.807) is 19.1 Å². The smallest absolute Gasteiger partial charge is 0.411 e. The van der Waals surface area contributed by atoms with E-state index >= 15 is 0 Å². The molecular weight excluding hydrogens is 360 g/mol. The zero-order chi connectivity index (χ0) is 19.4. The normalized spacial score (nSPS) is 10.6. The van der Waals surface area contributed by atoms with Gasteiger partial charge in [0, 0.05) is 34.8 Å². The summed E-state index contributed by atoms with van der Waals surface area (Å²) in [6.45, 7) is 1.76. The number of ether oxygens (including phenoxy) is 2. The van der Waals surface area contributed by atoms with E-state index in [4.69, 9.17) is 13.9 Å². The third kappa shape index (κ3) is 4.41. The lowest BCUT2D eigenvalue weighted by atomic mass is 10.1. The summed E-state index contributed by atoms with van der Waals surface area (Å²) in [5, 5.41) is 3.05. The van der Waals surface area contributed by atoms with Crippen LogP contribution in [0.2, 0.25) is 0 Å². The summed E-state index contributed by atoms with van der Waals surface area (Å²) in [4.78, 5) is 23.3. The average molecular weight is 375 g/mol. The van der Waals surface area contributed by atoms with Gasteiger partial charge < -0.3 is 13.9 Å². The maximum atomic E-state index is 13.7. The Labute approximate surface area is 152 Å². The highest BCUT2D eigenvalue weighted by molar-refractivity contribution is 5.89. The van der Waals surface area contributed by atoms with E-state index in [1.165, 1.54) is 18.2 Å². The predicted octanol–water partition coefficient (Wildman–Crippen LogP) is 4.22. The molecule has 0 aliphatic rings. The highest BCUT2D eigenvalue weighted by atomic mass is 19.1. The van der Waals surface area contributed by atoms with E-state index in [9.17, 15) is 18.4 Å². The molecule has 0 fully saturated rings. The van der Waals surface area contributed by atoms with Crippen LogP contribution < -0.4 is 15.7 Å². The molecule has 140 valence electrons. The Bertz CT molecular complexity index is 1050. The van der Waals surface area contributed by atoms with Crippen molar-refractivity contribution in [3.05, 3.63) is 70.1 Å². The van der Waals surface area contributed by atoms with Crippen molar-refractivity contribution in [2.24, 2.45) is 0 Å². The molecule has 0 radical (unpaired) electrons. The lowest BCUT2D eigenvalue weighted by molar-refractivity contribution is 0.168. The first-order valence-electron chi connectivity index (χ1n) is 8.04. The molecule has 0 saturated carbocycles. The van der Waals surface area contributed by atoms with Gasteiger partial charge in [-0.2, -0.15) is 0 Å². The number of rotatable bonds is 5. The number of amides is 1. The van der Waals surface area contributed by atoms with Crippen LogP contribution in [0.4, 0.5) is 19.3 Å². The first-order valence-corrected chi connectivity index (χ1v) is 8.04. The minimum absolute atomic E-state index is 0.130. The zero-order valence-corrected chi connectivity index (χ0v) is 14.3. The largest absolute Gasteiger partial charge is 0.486 e. The van der Waals surface area contributed by atoms with Crippen molar-refractivity contribution in [1.29, 1.82) is 0 Å². The van der Waals surface area contributed by atoms with Gasteiger partial charge in [-0.05, 0) is 31.2 Å². The summed E-state index contributed by atoms with van der Waals surface area (Å²) >= 11 is 0. The Morgan fingerprint density at radius 2 is 1.96 bits per heavy atom. The van der Waals surface area contributed by atoms with E-state index in [0.717, 1.165) is 6.07 Å². The van der Waals surface area contributed by atoms with Crippen LogP contribution in [-0.4, -0.2) is 12.7 Å². The monoisotopic (exact) mass is 375 g/mol. The van der Waals surface area contributed by atoms with Gasteiger partial charge in [-0.3, -0.25) is 5.32 Å². The van der Waals surface area contributed by atoms with Crippen LogP contribution in [0.3, 0.4) is 0 Å². The SMILES string of the molecule is CCOC(=O)Nc1ccc2c(COc3ccc(F)cc3F)cc(=O)oc2c1. The summed E-state index contributed by atoms with van der Waals surface area (Å²) in [6.07, 6.45) is -0.634. The van der Waals surface area contributed by atoms with Gasteiger partial charge in [-0.1, -0.05) is 0 Å². The number of carbonyl (C=O) groups excluding carboxylic acids is 1. The van der Waals surface area contributed by atoms with E-state index in [2.05, 4.69) is 5.32 Å². The highest BCUT2D eigenvalue weighted by Gasteiger charge is 2.11. The van der Waals surface area contributed by atoms with Crippen LogP contribution in [0.1, 0.15) is 12.5 Å². The van der Waals surface area contributed by atoms with Gasteiger partial charge in [0.05, 0.1) is 6.61 Å². The second-order valence-corrected chi connectivity index (χ2v) is 5.51. The third-order valence-electron chi connectivity index (χ3n) is 3.63. The molecule has 3 aromatic rings. The lowest BCUT2D eigenvalue weighted by Gasteiger charge is -2.10. The fraction of sp³-hybridized carbons (Fsp3) is 0.158. The van der Waals surface area contributed by atoms with Crippen LogP contribution in [-0.2, 0) is 11.3 Å². The molecule has 0 aliphatic carbocycles. The zero-order valence-electron chi connectivity index (χ0n) is 14.3. The first kappa shape index (κ1) is 18.4. The van der Waals surface area contributed by atoms with Crippen LogP contribution in [0.15, 0.2) is 51.7 Å². The van der Waals surface area contributed by atoms with Crippen LogP contribution in [0, 0.1) is 11.6 Å². The van der Waals surface area contributed by atoms with Crippen LogP contribution in [0.25, 0.3) is 11.0 Å². The fourth-order valence-electron chi connectivity index (χ4n) is 2.46. The van der Waals surface area contributed by atoms with Crippen molar-refractivity contribution in [3.8, 4) is 5.75 Å². The van der Waals surface area contributed by atoms with Gasteiger partial charge in [-0.25, -0.2) is 18.4 Å². The summed E-state index contributed by atoms with van der Waals surface area (Å²) in [6, 6.07) is 8.86. The van der Waals surface area contributed by atoms with Gasteiger partial charge in [0.2, 0.25) is 0 Å². The number of fused-ring (bicyclic) bond motifs is 1. The van der Waals surface area contributed by atoms with Crippen LogP contribution in [0.5, 0.6) is 5.75 Å². The van der Waals surface area contributed by atoms with Gasteiger partial charge in [0.25, 0.3) is 0 Å². The van der Waals surface area contributed by atoms with Crippen molar-refractivity contribution < 1.29 is 27.5 Å². The summed E-state index contributed by atoms with van der Waals surface area (Å²) in [5.74, 6) is -1.70. The van der Waals surface area contributed by atoms with Crippen molar-refractivity contribution >= 4 is 22.7 Å². The second-order valence-electron chi connectivity index (χ2n) is 5.51. The second kappa shape index (κ2) is 7.86. The van der Waals surface area contributed by atoms with Gasteiger partial charge >= 0.3 is 11.7 Å². The van der Waals surface area contributed by atoms with E-state index in [-0.39, 0.29) is 24.5 Å². The lowest BCUT2D eigenvalue weighted by Crippen LogP contribution is -2.13. The van der Waals surface area contributed by atoms with Crippen molar-refractivity contribution in [2.75, 3.05) is 11.9 Å². The molecular formula is C19H15F2NO5. The minimum Gasteiger partial charge on any atom is -0.486 e. The molecule has 3 rings (SSSR count). The molecule has 0 bridgehead atoms. The Kier molecular flexibility index (Phi) is 5.35. The molecule has 0 aliphatic heterocycles. The number of anilines is 1. The highest BCUT2D eigenvalue weighted by Crippen LogP contribution is 2.24. The molecule has 8 heteroatoms. The third-order valence-corrected chi connectivity index (χ3v) is 3.63. The van der Waals surface area contributed by atoms with Crippen LogP contribution >= 0.6 is 0 Å². The molecule has 1 aromatic heterocycles. The topological polar surface area (TPSA) is 77.8 Å². The molecule has 1 heterocycles. The maximum Gasteiger partial charge on any atom is 0.411 e. The molecule has 1 amide bonds. The van der Waals surface area contributed by atoms with Crippen molar-refractivity contribution in [2.45, 2.75) is 13.5 Å². The summed E-state index contributed by atoms with van der Waals surface area (Å²) in [7, 11) is 0. The molecule has 0 unspecified atom stereocenters. The predicted molar refractivity (Wildman–Crippen MR) is 93.8 cm³/mol. The first-order chi connectivity index (χ1) is 13.0. The van der Waals surface area contributed by atoms with Crippen molar-refractivity contribution in [1.82, 2.24) is 0 Å². The van der Waals surface area contributed by atoms with Gasteiger partial charge in [0.15, 0.2) is 11.6 Å². The average Bonchev–Trinajstić information content (AvgIpc) is 2.60. The Morgan fingerprint density at radius 3 is 2.70 bits per heavy atom. The number of benzene rings is 2. The quantitative estimate of drug-likeness (QED) is 0.676. The van der Waals surface area contributed by atoms with E-state index in [0.29, 0.717) is 22.7 Å². The molecule has 0 atom stereocenters. The Morgan fingerprint density at radius 1 is 1.15 bits per heavy atom. The number of hydrogen-bond donors (Lipinski definition) is 1. The standard InChI is InChI=1S/C19H15F2NO5/c1-2-25-19(24)22-13-4-5-14-11(7-18(23)27-17(14)9-13)10-26-16-6-3-12(20)8-15(16)21/h3-9H,2,10H2,1H3,(H,22,24). The van der Waals surface area contributed by atoms with Gasteiger partial charge in [-0.15, -0.1) is 0 Å². The number of nitrogens with one attached hydrogen (secondary N) is 1. The Hall–Kier alpha value is -3.42. The number of hydrogen-bond acceptors (Lipinski definition) is 5. The molecule has 27 heavy (non-hydrogen) atoms. The number of carbonyl (C=O) groups is 1. The van der Waals surface area contributed by atoms with E-state index in [1.807, 2.05) is 0 Å². The van der Waals surface area contributed by atoms with Crippen molar-refractivity contribution in [3.63, 3.8) is 0 Å². The Balaban J connectivity index is 1.87. The summed E-state index contributed by atoms with van der Waals surface area (Å²) < 4.78 is 41.9. The van der Waals surface area contributed by atoms with Gasteiger partial charge in [0.1, 0.15) is 18.0 Å². The molecule has 2 aromatic carbocycles. The molecule has 0 spiro atoms. The maximum absolute atomic E-state index is 13.7. The molecule has 1 N–H and O–H groups in total. The number of halogens is 2. The van der Waals surface area contributed by atoms with E-state index < -0.39 is 23.4 Å².